The lowest BCUT2D eigenvalue weighted by Crippen LogP contribution is -1.89. The number of nitrogen functional groups attached to an aromatic ring is 1. The van der Waals surface area contributed by atoms with Gasteiger partial charge in [0.15, 0.2) is 0 Å². The molecule has 3 aromatic rings. The van der Waals surface area contributed by atoms with Gasteiger partial charge in [0.05, 0.1) is 5.56 Å². The van der Waals surface area contributed by atoms with Gasteiger partial charge in [0.2, 0.25) is 5.82 Å². The van der Waals surface area contributed by atoms with Gasteiger partial charge in [-0.05, 0) is 30.3 Å². The van der Waals surface area contributed by atoms with Gasteiger partial charge in [0.1, 0.15) is 5.82 Å². The summed E-state index contributed by atoms with van der Waals surface area (Å²) >= 11 is 0. The summed E-state index contributed by atoms with van der Waals surface area (Å²) in [4.78, 5) is 8.10. The van der Waals surface area contributed by atoms with E-state index in [9.17, 15) is 4.39 Å². The lowest BCUT2D eigenvalue weighted by Gasteiger charge is -1.98. The van der Waals surface area contributed by atoms with E-state index in [1.54, 1.807) is 24.5 Å². The number of anilines is 1. The van der Waals surface area contributed by atoms with Crippen LogP contribution in [-0.4, -0.2) is 15.1 Å². The summed E-state index contributed by atoms with van der Waals surface area (Å²) in [5.41, 5.74) is 6.92. The molecule has 6 heteroatoms. The zero-order valence-corrected chi connectivity index (χ0v) is 9.75. The van der Waals surface area contributed by atoms with Gasteiger partial charge in [-0.15, -0.1) is 0 Å². The average molecular weight is 256 g/mol. The Bertz CT molecular complexity index is 712. The molecule has 0 unspecified atom stereocenters. The van der Waals surface area contributed by atoms with Crippen LogP contribution >= 0.6 is 0 Å². The lowest BCUT2D eigenvalue weighted by molar-refractivity contribution is 0.429. The van der Waals surface area contributed by atoms with E-state index < -0.39 is 5.82 Å². The topological polar surface area (TPSA) is 77.8 Å². The first kappa shape index (κ1) is 11.3. The molecule has 0 bridgehead atoms. The number of halogens is 1. The van der Waals surface area contributed by atoms with E-state index in [1.807, 2.05) is 0 Å². The van der Waals surface area contributed by atoms with Crippen LogP contribution in [0.15, 0.2) is 47.2 Å². The summed E-state index contributed by atoms with van der Waals surface area (Å²) in [6.45, 7) is 0. The Hall–Kier alpha value is -2.76. The highest BCUT2D eigenvalue weighted by Crippen LogP contribution is 2.25. The fourth-order valence-electron chi connectivity index (χ4n) is 1.65. The first-order valence-corrected chi connectivity index (χ1v) is 5.53. The van der Waals surface area contributed by atoms with Crippen LogP contribution in [0.4, 0.5) is 10.1 Å². The zero-order valence-electron chi connectivity index (χ0n) is 9.75. The van der Waals surface area contributed by atoms with Crippen LogP contribution < -0.4 is 5.73 Å². The van der Waals surface area contributed by atoms with Crippen LogP contribution in [0.2, 0.25) is 0 Å². The normalized spacial score (nSPS) is 10.6. The highest BCUT2D eigenvalue weighted by atomic mass is 19.1. The second-order valence-corrected chi connectivity index (χ2v) is 3.90. The second kappa shape index (κ2) is 4.49. The minimum absolute atomic E-state index is 0.0867. The Morgan fingerprint density at radius 2 is 2.11 bits per heavy atom. The summed E-state index contributed by atoms with van der Waals surface area (Å²) in [5, 5.41) is 3.80. The predicted octanol–water partition coefficient (Wildman–Crippen LogP) is 2.52. The highest BCUT2D eigenvalue weighted by Gasteiger charge is 2.14. The first-order valence-electron chi connectivity index (χ1n) is 5.53. The smallest absolute Gasteiger partial charge is 0.261 e. The molecule has 19 heavy (non-hydrogen) atoms. The molecule has 0 radical (unpaired) electrons. The molecular formula is C13H9FN4O. The maximum atomic E-state index is 13.7. The Labute approximate surface area is 107 Å². The fraction of sp³-hybridized carbons (Fsp3) is 0. The minimum Gasteiger partial charge on any atom is -0.399 e. The van der Waals surface area contributed by atoms with Gasteiger partial charge in [-0.1, -0.05) is 5.16 Å². The highest BCUT2D eigenvalue weighted by molar-refractivity contribution is 5.63. The first-order chi connectivity index (χ1) is 9.24. The van der Waals surface area contributed by atoms with Gasteiger partial charge in [0.25, 0.3) is 5.89 Å². The van der Waals surface area contributed by atoms with E-state index in [0.717, 1.165) is 0 Å². The van der Waals surface area contributed by atoms with Crippen molar-refractivity contribution in [3.8, 4) is 22.8 Å². The molecule has 2 aromatic heterocycles. The number of benzene rings is 1. The molecule has 0 amide bonds. The summed E-state index contributed by atoms with van der Waals surface area (Å²) < 4.78 is 18.7. The van der Waals surface area contributed by atoms with Crippen molar-refractivity contribution in [2.75, 3.05) is 5.73 Å². The summed E-state index contributed by atoms with van der Waals surface area (Å²) in [7, 11) is 0. The third kappa shape index (κ3) is 2.15. The average Bonchev–Trinajstić information content (AvgIpc) is 2.92. The zero-order chi connectivity index (χ0) is 13.2. The third-order valence-electron chi connectivity index (χ3n) is 2.57. The number of pyridine rings is 1. The molecule has 0 aliphatic rings. The Balaban J connectivity index is 2.04. The van der Waals surface area contributed by atoms with Crippen molar-refractivity contribution in [3.63, 3.8) is 0 Å². The van der Waals surface area contributed by atoms with E-state index in [2.05, 4.69) is 15.1 Å². The standard InChI is InChI=1S/C13H9FN4O/c14-11-4-3-9(15)6-10(11)13-17-12(18-19-13)8-2-1-5-16-7-8/h1-7H,15H2. The van der Waals surface area contributed by atoms with Gasteiger partial charge >= 0.3 is 0 Å². The number of rotatable bonds is 2. The molecule has 0 saturated heterocycles. The van der Waals surface area contributed by atoms with Crippen LogP contribution in [-0.2, 0) is 0 Å². The molecule has 5 nitrogen and oxygen atoms in total. The second-order valence-electron chi connectivity index (χ2n) is 3.90. The van der Waals surface area contributed by atoms with Crippen molar-refractivity contribution in [1.29, 1.82) is 0 Å². The van der Waals surface area contributed by atoms with Crippen LogP contribution in [0.5, 0.6) is 0 Å². The van der Waals surface area contributed by atoms with Crippen molar-refractivity contribution in [2.24, 2.45) is 0 Å². The molecule has 0 aliphatic carbocycles. The van der Waals surface area contributed by atoms with E-state index in [-0.39, 0.29) is 11.5 Å². The van der Waals surface area contributed by atoms with Crippen LogP contribution in [0, 0.1) is 5.82 Å². The SMILES string of the molecule is Nc1ccc(F)c(-c2nc(-c3cccnc3)no2)c1. The molecule has 1 aromatic carbocycles. The number of nitrogens with zero attached hydrogens (tertiary/aromatic N) is 3. The number of hydrogen-bond donors (Lipinski definition) is 1. The molecule has 0 fully saturated rings. The monoisotopic (exact) mass is 256 g/mol. The van der Waals surface area contributed by atoms with Gasteiger partial charge < -0.3 is 10.3 Å². The summed E-state index contributed by atoms with van der Waals surface area (Å²) in [6.07, 6.45) is 3.24. The molecule has 94 valence electrons. The van der Waals surface area contributed by atoms with E-state index in [0.29, 0.717) is 17.1 Å². The molecule has 0 spiro atoms. The molecule has 3 rings (SSSR count). The maximum absolute atomic E-state index is 13.7. The summed E-state index contributed by atoms with van der Waals surface area (Å²) in [5.74, 6) is -0.0239. The fourth-order valence-corrected chi connectivity index (χ4v) is 1.65. The molecule has 0 saturated carbocycles. The number of aromatic nitrogens is 3. The van der Waals surface area contributed by atoms with Crippen molar-refractivity contribution in [1.82, 2.24) is 15.1 Å². The van der Waals surface area contributed by atoms with Crippen molar-refractivity contribution in [3.05, 3.63) is 48.5 Å². The number of nitrogens with two attached hydrogens (primary N) is 1. The Kier molecular flexibility index (Phi) is 2.68. The Morgan fingerprint density at radius 3 is 2.89 bits per heavy atom. The van der Waals surface area contributed by atoms with Crippen molar-refractivity contribution < 1.29 is 8.91 Å². The lowest BCUT2D eigenvalue weighted by atomic mass is 10.2. The minimum atomic E-state index is -0.462. The third-order valence-corrected chi connectivity index (χ3v) is 2.57. The predicted molar refractivity (Wildman–Crippen MR) is 67.3 cm³/mol. The van der Waals surface area contributed by atoms with Crippen molar-refractivity contribution >= 4 is 5.69 Å². The van der Waals surface area contributed by atoms with E-state index >= 15 is 0 Å². The molecule has 2 N–H and O–H groups in total. The van der Waals surface area contributed by atoms with Crippen LogP contribution in [0.25, 0.3) is 22.8 Å². The molecule has 0 aliphatic heterocycles. The van der Waals surface area contributed by atoms with Gasteiger partial charge in [-0.3, -0.25) is 4.98 Å². The quantitative estimate of drug-likeness (QED) is 0.713. The van der Waals surface area contributed by atoms with Crippen molar-refractivity contribution in [2.45, 2.75) is 0 Å². The largest absolute Gasteiger partial charge is 0.399 e. The number of hydrogen-bond acceptors (Lipinski definition) is 5. The Morgan fingerprint density at radius 1 is 1.21 bits per heavy atom. The van der Waals surface area contributed by atoms with Crippen LogP contribution in [0.1, 0.15) is 0 Å². The molecule has 2 heterocycles. The molecular weight excluding hydrogens is 247 g/mol. The maximum Gasteiger partial charge on any atom is 0.261 e. The van der Waals surface area contributed by atoms with E-state index in [1.165, 1.54) is 18.2 Å². The molecule has 0 atom stereocenters. The van der Waals surface area contributed by atoms with Gasteiger partial charge in [0, 0.05) is 23.6 Å². The van der Waals surface area contributed by atoms with Gasteiger partial charge in [-0.2, -0.15) is 4.98 Å². The summed E-state index contributed by atoms with van der Waals surface area (Å²) in [6, 6.07) is 7.73. The van der Waals surface area contributed by atoms with E-state index in [4.69, 9.17) is 10.3 Å². The van der Waals surface area contributed by atoms with Gasteiger partial charge in [-0.25, -0.2) is 4.39 Å². The van der Waals surface area contributed by atoms with Crippen LogP contribution in [0.3, 0.4) is 0 Å².